The van der Waals surface area contributed by atoms with Gasteiger partial charge >= 0.3 is 0 Å². The molecule has 4 nitrogen and oxygen atoms in total. The fourth-order valence-corrected chi connectivity index (χ4v) is 2.32. The van der Waals surface area contributed by atoms with Gasteiger partial charge in [0.25, 0.3) is 0 Å². The minimum Gasteiger partial charge on any atom is -0.492 e. The Labute approximate surface area is 109 Å². The molecule has 0 saturated carbocycles. The van der Waals surface area contributed by atoms with Gasteiger partial charge < -0.3 is 10.1 Å². The number of anilines is 1. The molecule has 1 rings (SSSR count). The average Bonchev–Trinajstić information content (AvgIpc) is 2.31. The van der Waals surface area contributed by atoms with Crippen molar-refractivity contribution in [3.8, 4) is 5.75 Å². The van der Waals surface area contributed by atoms with Crippen LogP contribution >= 0.6 is 0 Å². The van der Waals surface area contributed by atoms with Crippen LogP contribution in [0.4, 0.5) is 5.69 Å². The highest BCUT2D eigenvalue weighted by Crippen LogP contribution is 2.23. The molecule has 18 heavy (non-hydrogen) atoms. The van der Waals surface area contributed by atoms with Crippen LogP contribution < -0.4 is 10.1 Å². The Balaban J connectivity index is 2.59. The lowest BCUT2D eigenvalue weighted by molar-refractivity contribution is 0.342. The molecule has 5 heteroatoms. The van der Waals surface area contributed by atoms with Gasteiger partial charge in [0.05, 0.1) is 23.3 Å². The topological polar surface area (TPSA) is 55.4 Å². The SMILES string of the molecule is CCOc1ccccc1NCCS(=O)(=O)C(C)C. The first-order valence-corrected chi connectivity index (χ1v) is 7.86. The summed E-state index contributed by atoms with van der Waals surface area (Å²) in [7, 11) is -3.00. The summed E-state index contributed by atoms with van der Waals surface area (Å²) in [4.78, 5) is 0. The molecular weight excluding hydrogens is 250 g/mol. The zero-order valence-corrected chi connectivity index (χ0v) is 12.0. The summed E-state index contributed by atoms with van der Waals surface area (Å²) in [5.74, 6) is 0.882. The molecule has 0 aliphatic heterocycles. The standard InChI is InChI=1S/C13H21NO3S/c1-4-17-13-8-6-5-7-12(13)14-9-10-18(15,16)11(2)3/h5-8,11,14H,4,9-10H2,1-3H3. The van der Waals surface area contributed by atoms with Crippen molar-refractivity contribution in [3.05, 3.63) is 24.3 Å². The Morgan fingerprint density at radius 2 is 1.94 bits per heavy atom. The summed E-state index contributed by atoms with van der Waals surface area (Å²) in [5.41, 5.74) is 0.832. The molecule has 0 atom stereocenters. The van der Waals surface area contributed by atoms with Gasteiger partial charge in [-0.3, -0.25) is 0 Å². The van der Waals surface area contributed by atoms with Crippen molar-refractivity contribution in [1.29, 1.82) is 0 Å². The smallest absolute Gasteiger partial charge is 0.154 e. The maximum Gasteiger partial charge on any atom is 0.154 e. The predicted octanol–water partition coefficient (Wildman–Crippen LogP) is 2.32. The lowest BCUT2D eigenvalue weighted by Gasteiger charge is -2.13. The van der Waals surface area contributed by atoms with Gasteiger partial charge in [0.1, 0.15) is 5.75 Å². The fraction of sp³-hybridized carbons (Fsp3) is 0.538. The molecule has 0 unspecified atom stereocenters. The maximum absolute atomic E-state index is 11.7. The number of hydrogen-bond acceptors (Lipinski definition) is 4. The van der Waals surface area contributed by atoms with Crippen LogP contribution in [-0.4, -0.2) is 32.6 Å². The lowest BCUT2D eigenvalue weighted by atomic mass is 10.3. The second-order valence-corrected chi connectivity index (χ2v) is 6.95. The Hall–Kier alpha value is -1.23. The van der Waals surface area contributed by atoms with E-state index in [4.69, 9.17) is 4.74 Å². The molecule has 0 aromatic heterocycles. The Morgan fingerprint density at radius 3 is 2.56 bits per heavy atom. The zero-order valence-electron chi connectivity index (χ0n) is 11.1. The van der Waals surface area contributed by atoms with Crippen LogP contribution in [0.2, 0.25) is 0 Å². The van der Waals surface area contributed by atoms with E-state index in [0.29, 0.717) is 13.2 Å². The summed E-state index contributed by atoms with van der Waals surface area (Å²) in [6, 6.07) is 7.53. The summed E-state index contributed by atoms with van der Waals surface area (Å²) in [6.45, 7) is 6.29. The van der Waals surface area contributed by atoms with Crippen LogP contribution in [0, 0.1) is 0 Å². The molecule has 0 radical (unpaired) electrons. The van der Waals surface area contributed by atoms with Gasteiger partial charge in [-0.15, -0.1) is 0 Å². The van der Waals surface area contributed by atoms with E-state index in [9.17, 15) is 8.42 Å². The predicted molar refractivity (Wildman–Crippen MR) is 75.0 cm³/mol. The molecule has 1 N–H and O–H groups in total. The molecule has 102 valence electrons. The van der Waals surface area contributed by atoms with E-state index in [-0.39, 0.29) is 11.0 Å². The van der Waals surface area contributed by atoms with Crippen LogP contribution in [0.1, 0.15) is 20.8 Å². The minimum absolute atomic E-state index is 0.130. The molecule has 0 heterocycles. The number of para-hydroxylation sites is 2. The number of benzene rings is 1. The van der Waals surface area contributed by atoms with Crippen molar-refractivity contribution in [2.24, 2.45) is 0 Å². The highest BCUT2D eigenvalue weighted by molar-refractivity contribution is 7.92. The molecule has 0 aliphatic rings. The summed E-state index contributed by atoms with van der Waals surface area (Å²) in [6.07, 6.45) is 0. The molecule has 0 amide bonds. The van der Waals surface area contributed by atoms with Crippen LogP contribution in [0.3, 0.4) is 0 Å². The maximum atomic E-state index is 11.7. The first kappa shape index (κ1) is 14.8. The number of sulfone groups is 1. The molecule has 0 aliphatic carbocycles. The van der Waals surface area contributed by atoms with Crippen LogP contribution in [0.25, 0.3) is 0 Å². The zero-order chi connectivity index (χ0) is 13.6. The van der Waals surface area contributed by atoms with E-state index in [2.05, 4.69) is 5.32 Å². The average molecular weight is 271 g/mol. The Kier molecular flexibility index (Phi) is 5.47. The first-order valence-electron chi connectivity index (χ1n) is 6.14. The van der Waals surface area contributed by atoms with Gasteiger partial charge in [-0.2, -0.15) is 0 Å². The van der Waals surface area contributed by atoms with Gasteiger partial charge in [0, 0.05) is 6.54 Å². The second-order valence-electron chi connectivity index (χ2n) is 4.27. The monoisotopic (exact) mass is 271 g/mol. The number of nitrogens with one attached hydrogen (secondary N) is 1. The third-order valence-electron chi connectivity index (χ3n) is 2.61. The summed E-state index contributed by atoms with van der Waals surface area (Å²) >= 11 is 0. The van der Waals surface area contributed by atoms with Crippen molar-refractivity contribution >= 4 is 15.5 Å². The number of rotatable bonds is 7. The highest BCUT2D eigenvalue weighted by Gasteiger charge is 2.15. The van der Waals surface area contributed by atoms with Gasteiger partial charge in [0.15, 0.2) is 9.84 Å². The number of ether oxygens (including phenoxy) is 1. The van der Waals surface area contributed by atoms with Crippen molar-refractivity contribution in [2.75, 3.05) is 24.2 Å². The van der Waals surface area contributed by atoms with Crippen molar-refractivity contribution in [2.45, 2.75) is 26.0 Å². The molecule has 0 spiro atoms. The fourth-order valence-electron chi connectivity index (χ4n) is 1.46. The van der Waals surface area contributed by atoms with E-state index >= 15 is 0 Å². The van der Waals surface area contributed by atoms with E-state index in [1.807, 2.05) is 31.2 Å². The summed E-state index contributed by atoms with van der Waals surface area (Å²) in [5, 5.41) is 2.77. The van der Waals surface area contributed by atoms with Crippen molar-refractivity contribution in [3.63, 3.8) is 0 Å². The normalized spacial score (nSPS) is 11.6. The molecule has 1 aromatic rings. The molecule has 0 fully saturated rings. The van der Waals surface area contributed by atoms with Crippen LogP contribution in [-0.2, 0) is 9.84 Å². The lowest BCUT2D eigenvalue weighted by Crippen LogP contribution is -2.23. The largest absolute Gasteiger partial charge is 0.492 e. The van der Waals surface area contributed by atoms with Crippen LogP contribution in [0.15, 0.2) is 24.3 Å². The van der Waals surface area contributed by atoms with Crippen molar-refractivity contribution < 1.29 is 13.2 Å². The van der Waals surface area contributed by atoms with Gasteiger partial charge in [-0.1, -0.05) is 12.1 Å². The molecule has 1 aromatic carbocycles. The first-order chi connectivity index (χ1) is 8.47. The molecule has 0 bridgehead atoms. The van der Waals surface area contributed by atoms with Gasteiger partial charge in [-0.25, -0.2) is 8.42 Å². The minimum atomic E-state index is -3.00. The Bertz CT molecular complexity index is 469. The quantitative estimate of drug-likeness (QED) is 0.827. The van der Waals surface area contributed by atoms with Crippen LogP contribution in [0.5, 0.6) is 5.75 Å². The third-order valence-corrected chi connectivity index (χ3v) is 4.82. The number of hydrogen-bond donors (Lipinski definition) is 1. The second kappa shape index (κ2) is 6.64. The van der Waals surface area contributed by atoms with Gasteiger partial charge in [0.2, 0.25) is 0 Å². The molecular formula is C13H21NO3S. The Morgan fingerprint density at radius 1 is 1.28 bits per heavy atom. The molecule has 0 saturated heterocycles. The van der Waals surface area contributed by atoms with Crippen molar-refractivity contribution in [1.82, 2.24) is 0 Å². The van der Waals surface area contributed by atoms with Gasteiger partial charge in [-0.05, 0) is 32.9 Å². The van der Waals surface area contributed by atoms with E-state index in [1.54, 1.807) is 13.8 Å². The third kappa shape index (κ3) is 4.22. The highest BCUT2D eigenvalue weighted by atomic mass is 32.2. The van der Waals surface area contributed by atoms with E-state index < -0.39 is 9.84 Å². The summed E-state index contributed by atoms with van der Waals surface area (Å²) < 4.78 is 28.8. The van der Waals surface area contributed by atoms with E-state index in [1.165, 1.54) is 0 Å². The van der Waals surface area contributed by atoms with E-state index in [0.717, 1.165) is 11.4 Å².